The van der Waals surface area contributed by atoms with Gasteiger partial charge in [-0.1, -0.05) is 60.7 Å². The van der Waals surface area contributed by atoms with Gasteiger partial charge in [-0.2, -0.15) is 4.31 Å². The number of amides is 1. The van der Waals surface area contributed by atoms with Gasteiger partial charge >= 0.3 is 0 Å². The number of carbonyl (C=O) groups excluding carboxylic acids is 1. The lowest BCUT2D eigenvalue weighted by Gasteiger charge is -2.44. The Bertz CT molecular complexity index is 1370. The lowest BCUT2D eigenvalue weighted by Crippen LogP contribution is -2.59. The van der Waals surface area contributed by atoms with Gasteiger partial charge in [0.25, 0.3) is 5.69 Å². The Hall–Kier alpha value is -3.60. The molecule has 1 N–H and O–H groups in total. The second-order valence-corrected chi connectivity index (χ2v) is 11.4. The summed E-state index contributed by atoms with van der Waals surface area (Å²) in [6, 6.07) is 24.2. The molecule has 2 aliphatic heterocycles. The first-order chi connectivity index (χ1) is 17.8. The number of rotatable bonds is 7. The monoisotopic (exact) mass is 520 g/mol. The Morgan fingerprint density at radius 3 is 2.03 bits per heavy atom. The van der Waals surface area contributed by atoms with Crippen molar-refractivity contribution < 1.29 is 18.1 Å². The molecule has 0 saturated carbocycles. The average Bonchev–Trinajstić information content (AvgIpc) is 3.15. The second kappa shape index (κ2) is 10.0. The van der Waals surface area contributed by atoms with Gasteiger partial charge in [-0.25, -0.2) is 8.42 Å². The Balaban J connectivity index is 1.37. The van der Waals surface area contributed by atoms with E-state index in [-0.39, 0.29) is 29.6 Å². The van der Waals surface area contributed by atoms with E-state index in [4.69, 9.17) is 0 Å². The maximum atomic E-state index is 13.7. The number of nitro groups is 1. The average molecular weight is 521 g/mol. The molecular weight excluding hydrogens is 492 g/mol. The minimum Gasteiger partial charge on any atom is -0.319 e. The molecule has 0 aliphatic carbocycles. The van der Waals surface area contributed by atoms with Crippen molar-refractivity contribution in [1.29, 1.82) is 0 Å². The number of nitrogens with one attached hydrogen (secondary N) is 1. The first-order valence-corrected chi connectivity index (χ1v) is 13.6. The van der Waals surface area contributed by atoms with Gasteiger partial charge in [0.1, 0.15) is 0 Å². The van der Waals surface area contributed by atoms with Crippen LogP contribution in [0.1, 0.15) is 24.0 Å². The van der Waals surface area contributed by atoms with Crippen LogP contribution in [0, 0.1) is 10.1 Å². The largest absolute Gasteiger partial charge is 0.319 e. The summed E-state index contributed by atoms with van der Waals surface area (Å²) in [5, 5.41) is 14.5. The molecule has 2 saturated heterocycles. The van der Waals surface area contributed by atoms with E-state index in [1.165, 1.54) is 28.6 Å². The van der Waals surface area contributed by atoms with Crippen molar-refractivity contribution in [2.75, 3.05) is 13.1 Å². The fraction of sp³-hybridized carbons (Fsp3) is 0.296. The summed E-state index contributed by atoms with van der Waals surface area (Å²) in [4.78, 5) is 25.9. The molecule has 1 amide bonds. The number of hydrogen-bond acceptors (Lipinski definition) is 6. The number of piperidine rings is 1. The normalized spacial score (nSPS) is 19.8. The van der Waals surface area contributed by atoms with Crippen LogP contribution in [0.3, 0.4) is 0 Å². The highest BCUT2D eigenvalue weighted by molar-refractivity contribution is 7.89. The van der Waals surface area contributed by atoms with Crippen LogP contribution in [0.25, 0.3) is 0 Å². The molecule has 1 unspecified atom stereocenters. The molecule has 3 aromatic carbocycles. The molecule has 9 nitrogen and oxygen atoms in total. The lowest BCUT2D eigenvalue weighted by molar-refractivity contribution is -0.384. The van der Waals surface area contributed by atoms with Gasteiger partial charge in [0.2, 0.25) is 15.9 Å². The van der Waals surface area contributed by atoms with Crippen LogP contribution < -0.4 is 5.32 Å². The van der Waals surface area contributed by atoms with Crippen molar-refractivity contribution in [1.82, 2.24) is 14.5 Å². The molecule has 5 rings (SSSR count). The Morgan fingerprint density at radius 1 is 0.892 bits per heavy atom. The van der Waals surface area contributed by atoms with Crippen molar-refractivity contribution in [2.24, 2.45) is 0 Å². The van der Waals surface area contributed by atoms with Crippen molar-refractivity contribution in [3.8, 4) is 0 Å². The summed E-state index contributed by atoms with van der Waals surface area (Å²) < 4.78 is 27.9. The third kappa shape index (κ3) is 5.00. The van der Waals surface area contributed by atoms with Crippen molar-refractivity contribution in [3.05, 3.63) is 106 Å². The number of sulfonamides is 1. The highest BCUT2D eigenvalue weighted by atomic mass is 32.2. The van der Waals surface area contributed by atoms with Crippen molar-refractivity contribution in [2.45, 2.75) is 42.4 Å². The molecule has 0 bridgehead atoms. The molecular formula is C27H28N4O5S. The summed E-state index contributed by atoms with van der Waals surface area (Å²) in [6.07, 6.45) is 1.42. The van der Waals surface area contributed by atoms with Gasteiger partial charge in [0, 0.05) is 31.8 Å². The van der Waals surface area contributed by atoms with Crippen LogP contribution >= 0.6 is 0 Å². The van der Waals surface area contributed by atoms with Crippen molar-refractivity contribution >= 4 is 21.6 Å². The fourth-order valence-electron chi connectivity index (χ4n) is 5.25. The zero-order chi connectivity index (χ0) is 26.0. The first kappa shape index (κ1) is 25.1. The van der Waals surface area contributed by atoms with Gasteiger partial charge < -0.3 is 4.90 Å². The Labute approximate surface area is 215 Å². The van der Waals surface area contributed by atoms with E-state index in [1.807, 2.05) is 65.6 Å². The van der Waals surface area contributed by atoms with E-state index in [1.54, 1.807) is 0 Å². The van der Waals surface area contributed by atoms with Crippen LogP contribution in [-0.2, 0) is 27.8 Å². The number of hydrogen-bond donors (Lipinski definition) is 1. The van der Waals surface area contributed by atoms with E-state index in [9.17, 15) is 23.3 Å². The van der Waals surface area contributed by atoms with Crippen molar-refractivity contribution in [3.63, 3.8) is 0 Å². The summed E-state index contributed by atoms with van der Waals surface area (Å²) >= 11 is 0. The highest BCUT2D eigenvalue weighted by Crippen LogP contribution is 2.36. The Morgan fingerprint density at radius 2 is 1.46 bits per heavy atom. The summed E-state index contributed by atoms with van der Waals surface area (Å²) in [5.74, 6) is 0.0133. The predicted molar refractivity (Wildman–Crippen MR) is 138 cm³/mol. The number of benzene rings is 3. The molecule has 0 radical (unpaired) electrons. The van der Waals surface area contributed by atoms with Crippen LogP contribution in [0.2, 0.25) is 0 Å². The van der Waals surface area contributed by atoms with Gasteiger partial charge in [0.05, 0.1) is 21.5 Å². The predicted octanol–water partition coefficient (Wildman–Crippen LogP) is 3.32. The van der Waals surface area contributed by atoms with Crippen LogP contribution in [0.15, 0.2) is 89.8 Å². The molecule has 2 fully saturated rings. The molecule has 0 aromatic heterocycles. The van der Waals surface area contributed by atoms with E-state index in [0.717, 1.165) is 11.1 Å². The third-order valence-corrected chi connectivity index (χ3v) is 9.14. The minimum atomic E-state index is -3.82. The molecule has 10 heteroatoms. The van der Waals surface area contributed by atoms with E-state index in [0.29, 0.717) is 25.8 Å². The molecule has 1 spiro atoms. The summed E-state index contributed by atoms with van der Waals surface area (Å²) in [5.41, 5.74) is 1.25. The maximum Gasteiger partial charge on any atom is 0.269 e. The van der Waals surface area contributed by atoms with Crippen LogP contribution in [0.4, 0.5) is 5.69 Å². The molecule has 3 aromatic rings. The van der Waals surface area contributed by atoms with Gasteiger partial charge in [-0.05, 0) is 42.5 Å². The summed E-state index contributed by atoms with van der Waals surface area (Å²) in [7, 11) is -3.82. The van der Waals surface area contributed by atoms with E-state index in [2.05, 4.69) is 5.32 Å². The zero-order valence-corrected chi connectivity index (χ0v) is 21.0. The second-order valence-electron chi connectivity index (χ2n) is 9.48. The topological polar surface area (TPSA) is 113 Å². The smallest absolute Gasteiger partial charge is 0.269 e. The van der Waals surface area contributed by atoms with Gasteiger partial charge in [-0.15, -0.1) is 0 Å². The van der Waals surface area contributed by atoms with E-state index < -0.39 is 26.7 Å². The molecule has 37 heavy (non-hydrogen) atoms. The maximum absolute atomic E-state index is 13.7. The number of non-ortho nitro benzene ring substituents is 1. The first-order valence-electron chi connectivity index (χ1n) is 12.2. The highest BCUT2D eigenvalue weighted by Gasteiger charge is 2.52. The van der Waals surface area contributed by atoms with Gasteiger partial charge in [-0.3, -0.25) is 20.2 Å². The number of nitro benzene ring substituents is 1. The summed E-state index contributed by atoms with van der Waals surface area (Å²) in [6.45, 7) is 0.888. The fourth-order valence-corrected chi connectivity index (χ4v) is 6.69. The molecule has 2 heterocycles. The van der Waals surface area contributed by atoms with Crippen LogP contribution in [-0.4, -0.2) is 53.2 Å². The zero-order valence-electron chi connectivity index (χ0n) is 20.2. The lowest BCUT2D eigenvalue weighted by atomic mass is 9.96. The number of nitrogens with zero attached hydrogens (tertiary/aromatic N) is 3. The van der Waals surface area contributed by atoms with E-state index >= 15 is 0 Å². The molecule has 192 valence electrons. The van der Waals surface area contributed by atoms with Gasteiger partial charge in [0.15, 0.2) is 0 Å². The molecule has 2 aliphatic rings. The SMILES string of the molecule is O=C1C(Cc2ccccc2)NC2(CCN(S(=O)(=O)c3ccc([N+](=O)[O-])cc3)CC2)N1Cc1ccccc1. The molecule has 1 atom stereocenters. The standard InChI is InChI=1S/C27H28N4O5S/c32-26-25(19-21-7-3-1-4-8-21)28-27(30(26)20-22-9-5-2-6-10-22)15-17-29(18-16-27)37(35,36)24-13-11-23(12-14-24)31(33)34/h1-14,25,28H,15-20H2. The quantitative estimate of drug-likeness (QED) is 0.378. The number of carbonyl (C=O) groups is 1. The third-order valence-electron chi connectivity index (χ3n) is 7.22. The Kier molecular flexibility index (Phi) is 6.80. The van der Waals surface area contributed by atoms with Crippen LogP contribution in [0.5, 0.6) is 0 Å². The minimum absolute atomic E-state index is 0.0133.